The zero-order chi connectivity index (χ0) is 13.3. The van der Waals surface area contributed by atoms with E-state index in [1.165, 1.54) is 0 Å². The number of hydrogen-bond donors (Lipinski definition) is 1. The molecule has 1 saturated heterocycles. The van der Waals surface area contributed by atoms with E-state index in [9.17, 15) is 8.42 Å². The third-order valence-electron chi connectivity index (χ3n) is 3.57. The molecule has 0 bridgehead atoms. The third kappa shape index (κ3) is 2.32. The van der Waals surface area contributed by atoms with Crippen LogP contribution in [0, 0.1) is 12.8 Å². The van der Waals surface area contributed by atoms with E-state index in [4.69, 9.17) is 10.2 Å². The first-order valence-electron chi connectivity index (χ1n) is 6.28. The van der Waals surface area contributed by atoms with Crippen molar-refractivity contribution in [1.29, 1.82) is 0 Å². The lowest BCUT2D eigenvalue weighted by Gasteiger charge is -2.15. The summed E-state index contributed by atoms with van der Waals surface area (Å²) < 4.78 is 31.8. The molecule has 2 heterocycles. The highest BCUT2D eigenvalue weighted by Crippen LogP contribution is 2.29. The Hall–Kier alpha value is -0.850. The van der Waals surface area contributed by atoms with Crippen LogP contribution in [0.3, 0.4) is 0 Å². The molecular weight excluding hydrogens is 252 g/mol. The summed E-state index contributed by atoms with van der Waals surface area (Å²) >= 11 is 0. The molecule has 0 saturated carbocycles. The van der Waals surface area contributed by atoms with Crippen molar-refractivity contribution in [2.45, 2.75) is 38.1 Å². The molecule has 2 N–H and O–H groups in total. The summed E-state index contributed by atoms with van der Waals surface area (Å²) in [6.45, 7) is 5.19. The van der Waals surface area contributed by atoms with Crippen molar-refractivity contribution in [3.63, 3.8) is 0 Å². The molecule has 0 radical (unpaired) electrons. The topological polar surface area (TPSA) is 76.5 Å². The molecule has 1 aromatic heterocycles. The molecule has 1 aromatic rings. The summed E-state index contributed by atoms with van der Waals surface area (Å²) in [7, 11) is -3.42. The van der Waals surface area contributed by atoms with Crippen molar-refractivity contribution < 1.29 is 12.8 Å². The van der Waals surface area contributed by atoms with Crippen LogP contribution in [0.2, 0.25) is 0 Å². The Balaban J connectivity index is 2.28. The number of rotatable bonds is 4. The van der Waals surface area contributed by atoms with Crippen molar-refractivity contribution in [2.75, 3.05) is 13.1 Å². The Bertz CT molecular complexity index is 521. The van der Waals surface area contributed by atoms with Crippen molar-refractivity contribution in [3.8, 4) is 0 Å². The Morgan fingerprint density at radius 3 is 2.78 bits per heavy atom. The van der Waals surface area contributed by atoms with E-state index >= 15 is 0 Å². The summed E-state index contributed by atoms with van der Waals surface area (Å²) in [5.74, 6) is 1.41. The van der Waals surface area contributed by atoms with Gasteiger partial charge < -0.3 is 10.2 Å². The van der Waals surface area contributed by atoms with Crippen LogP contribution < -0.4 is 5.73 Å². The van der Waals surface area contributed by atoms with Gasteiger partial charge in [0.15, 0.2) is 0 Å². The summed E-state index contributed by atoms with van der Waals surface area (Å²) in [6.07, 6.45) is 1.96. The van der Waals surface area contributed by atoms with Crippen LogP contribution in [0.1, 0.15) is 31.3 Å². The van der Waals surface area contributed by atoms with Crippen LogP contribution in [-0.4, -0.2) is 25.8 Å². The zero-order valence-electron chi connectivity index (χ0n) is 10.8. The molecule has 18 heavy (non-hydrogen) atoms. The maximum Gasteiger partial charge on any atom is 0.246 e. The van der Waals surface area contributed by atoms with Crippen LogP contribution in [0.4, 0.5) is 0 Å². The standard InChI is InChI=1S/C12H20N2O3S/c1-3-10-4-5-14(8-10)18(15,16)12-6-11(7-13)17-9(12)2/h6,10H,3-5,7-8,13H2,1-2H3. The predicted molar refractivity (Wildman–Crippen MR) is 68.5 cm³/mol. The molecule has 1 fully saturated rings. The van der Waals surface area contributed by atoms with Gasteiger partial charge in [-0.05, 0) is 19.3 Å². The largest absolute Gasteiger partial charge is 0.464 e. The molecule has 102 valence electrons. The van der Waals surface area contributed by atoms with E-state index in [1.54, 1.807) is 17.3 Å². The average molecular weight is 272 g/mol. The monoisotopic (exact) mass is 272 g/mol. The fourth-order valence-corrected chi connectivity index (χ4v) is 4.08. The highest BCUT2D eigenvalue weighted by molar-refractivity contribution is 7.89. The molecule has 0 aliphatic carbocycles. The summed E-state index contributed by atoms with van der Waals surface area (Å²) in [5.41, 5.74) is 5.47. The first-order valence-corrected chi connectivity index (χ1v) is 7.72. The van der Waals surface area contributed by atoms with Gasteiger partial charge in [0.25, 0.3) is 0 Å². The third-order valence-corrected chi connectivity index (χ3v) is 5.54. The Morgan fingerprint density at radius 1 is 1.56 bits per heavy atom. The Morgan fingerprint density at radius 2 is 2.28 bits per heavy atom. The van der Waals surface area contributed by atoms with Crippen LogP contribution >= 0.6 is 0 Å². The first-order chi connectivity index (χ1) is 8.48. The molecule has 0 aromatic carbocycles. The molecule has 1 atom stereocenters. The van der Waals surface area contributed by atoms with Crippen LogP contribution in [-0.2, 0) is 16.6 Å². The minimum absolute atomic E-state index is 0.216. The normalized spacial score (nSPS) is 21.6. The molecule has 6 heteroatoms. The van der Waals surface area contributed by atoms with E-state index in [0.717, 1.165) is 12.8 Å². The molecular formula is C12H20N2O3S. The van der Waals surface area contributed by atoms with Crippen molar-refractivity contribution in [2.24, 2.45) is 11.7 Å². The second-order valence-electron chi connectivity index (χ2n) is 4.76. The number of aryl methyl sites for hydroxylation is 1. The van der Waals surface area contributed by atoms with Gasteiger partial charge in [0.05, 0.1) is 6.54 Å². The average Bonchev–Trinajstić information content (AvgIpc) is 2.95. The van der Waals surface area contributed by atoms with Crippen LogP contribution in [0.5, 0.6) is 0 Å². The molecule has 1 unspecified atom stereocenters. The van der Waals surface area contributed by atoms with Crippen molar-refractivity contribution >= 4 is 10.0 Å². The van der Waals surface area contributed by atoms with E-state index in [0.29, 0.717) is 30.5 Å². The molecule has 5 nitrogen and oxygen atoms in total. The van der Waals surface area contributed by atoms with Gasteiger partial charge in [0.1, 0.15) is 16.4 Å². The number of sulfonamides is 1. The Kier molecular flexibility index (Phi) is 3.79. The number of furan rings is 1. The minimum atomic E-state index is -3.42. The van der Waals surface area contributed by atoms with Gasteiger partial charge in [0.2, 0.25) is 10.0 Å². The fourth-order valence-electron chi connectivity index (χ4n) is 2.37. The van der Waals surface area contributed by atoms with Crippen LogP contribution in [0.15, 0.2) is 15.4 Å². The van der Waals surface area contributed by atoms with Crippen LogP contribution in [0.25, 0.3) is 0 Å². The molecule has 1 aliphatic heterocycles. The van der Waals surface area contributed by atoms with Gasteiger partial charge in [-0.3, -0.25) is 0 Å². The first kappa shape index (κ1) is 13.6. The lowest BCUT2D eigenvalue weighted by molar-refractivity contribution is 0.447. The second-order valence-corrected chi connectivity index (χ2v) is 6.67. The smallest absolute Gasteiger partial charge is 0.246 e. The summed E-state index contributed by atoms with van der Waals surface area (Å²) in [5, 5.41) is 0. The van der Waals surface area contributed by atoms with Gasteiger partial charge in [-0.1, -0.05) is 13.3 Å². The van der Waals surface area contributed by atoms with E-state index in [1.807, 2.05) is 0 Å². The number of hydrogen-bond acceptors (Lipinski definition) is 4. The van der Waals surface area contributed by atoms with E-state index < -0.39 is 10.0 Å². The quantitative estimate of drug-likeness (QED) is 0.900. The summed E-state index contributed by atoms with van der Waals surface area (Å²) in [4.78, 5) is 0.264. The lowest BCUT2D eigenvalue weighted by atomic mass is 10.1. The van der Waals surface area contributed by atoms with Crippen molar-refractivity contribution in [3.05, 3.63) is 17.6 Å². The van der Waals surface area contributed by atoms with Gasteiger partial charge in [-0.15, -0.1) is 0 Å². The molecule has 0 amide bonds. The molecule has 0 spiro atoms. The van der Waals surface area contributed by atoms with Gasteiger partial charge >= 0.3 is 0 Å². The van der Waals surface area contributed by atoms with Crippen molar-refractivity contribution in [1.82, 2.24) is 4.31 Å². The van der Waals surface area contributed by atoms with Gasteiger partial charge in [0, 0.05) is 19.2 Å². The fraction of sp³-hybridized carbons (Fsp3) is 0.667. The maximum atomic E-state index is 12.5. The highest BCUT2D eigenvalue weighted by atomic mass is 32.2. The minimum Gasteiger partial charge on any atom is -0.464 e. The number of nitrogens with two attached hydrogens (primary N) is 1. The summed E-state index contributed by atoms with van der Waals surface area (Å²) in [6, 6.07) is 1.55. The number of nitrogens with zero attached hydrogens (tertiary/aromatic N) is 1. The molecule has 1 aliphatic rings. The lowest BCUT2D eigenvalue weighted by Crippen LogP contribution is -2.29. The van der Waals surface area contributed by atoms with E-state index in [2.05, 4.69) is 6.92 Å². The molecule has 2 rings (SSSR count). The van der Waals surface area contributed by atoms with Gasteiger partial charge in [-0.2, -0.15) is 4.31 Å². The predicted octanol–water partition coefficient (Wildman–Crippen LogP) is 1.47. The second kappa shape index (κ2) is 5.03. The zero-order valence-corrected chi connectivity index (χ0v) is 11.7. The SMILES string of the molecule is CCC1CCN(S(=O)(=O)c2cc(CN)oc2C)C1. The van der Waals surface area contributed by atoms with Gasteiger partial charge in [-0.25, -0.2) is 8.42 Å². The maximum absolute atomic E-state index is 12.5. The van der Waals surface area contributed by atoms with E-state index in [-0.39, 0.29) is 11.4 Å². The Labute approximate surface area is 108 Å². The highest BCUT2D eigenvalue weighted by Gasteiger charge is 2.34.